The van der Waals surface area contributed by atoms with Crippen LogP contribution in [-0.2, 0) is 4.74 Å². The zero-order valence-corrected chi connectivity index (χ0v) is 7.16. The Kier molecular flexibility index (Phi) is 2.33. The van der Waals surface area contributed by atoms with Gasteiger partial charge in [-0.05, 0) is 19.1 Å². The average molecular weight is 165 g/mol. The van der Waals surface area contributed by atoms with E-state index in [1.54, 1.807) is 19.1 Å². The summed E-state index contributed by atoms with van der Waals surface area (Å²) in [4.78, 5) is 4.07. The number of hydrogen-bond donors (Lipinski definition) is 1. The maximum absolute atomic E-state index is 9.17. The molecule has 12 heavy (non-hydrogen) atoms. The molecule has 0 saturated heterocycles. The third-order valence-corrected chi connectivity index (χ3v) is 1.59. The van der Waals surface area contributed by atoms with Crippen LogP contribution in [0.4, 0.5) is 0 Å². The molecule has 1 aromatic heterocycles. The van der Waals surface area contributed by atoms with Gasteiger partial charge in [0.2, 0.25) is 0 Å². The van der Waals surface area contributed by atoms with Crippen LogP contribution in [0.3, 0.4) is 0 Å². The fraction of sp³-hybridized carbons (Fsp3) is 0.222. The Hall–Kier alpha value is -1.51. The molecule has 0 aliphatic carbocycles. The number of hydrogen-bond acceptors (Lipinski definition) is 3. The quantitative estimate of drug-likeness (QED) is 0.678. The summed E-state index contributed by atoms with van der Waals surface area (Å²) in [5.41, 5.74) is 1.22. The van der Waals surface area contributed by atoms with E-state index in [9.17, 15) is 0 Å². The van der Waals surface area contributed by atoms with Crippen molar-refractivity contribution in [1.29, 1.82) is 0 Å². The molecule has 0 atom stereocenters. The summed E-state index contributed by atoms with van der Waals surface area (Å²) in [6, 6.07) is 3.23. The molecule has 1 heterocycles. The lowest BCUT2D eigenvalue weighted by atomic mass is 10.2. The first-order chi connectivity index (χ1) is 5.65. The highest BCUT2D eigenvalue weighted by molar-refractivity contribution is 5.54. The minimum Gasteiger partial charge on any atom is -0.506 e. The first-order valence-corrected chi connectivity index (χ1v) is 3.55. The fourth-order valence-corrected chi connectivity index (χ4v) is 0.814. The molecule has 1 N–H and O–H groups in total. The maximum atomic E-state index is 9.17. The summed E-state index contributed by atoms with van der Waals surface area (Å²) in [6.45, 7) is 5.37. The highest BCUT2D eigenvalue weighted by atomic mass is 16.5. The minimum absolute atomic E-state index is 0.183. The van der Waals surface area contributed by atoms with Gasteiger partial charge in [0.1, 0.15) is 17.2 Å². The van der Waals surface area contributed by atoms with Crippen molar-refractivity contribution in [1.82, 2.24) is 4.98 Å². The third-order valence-electron chi connectivity index (χ3n) is 1.59. The van der Waals surface area contributed by atoms with Gasteiger partial charge >= 0.3 is 0 Å². The zero-order valence-electron chi connectivity index (χ0n) is 7.16. The van der Waals surface area contributed by atoms with Crippen LogP contribution in [0.25, 0.3) is 5.76 Å². The van der Waals surface area contributed by atoms with Gasteiger partial charge in [-0.1, -0.05) is 6.58 Å². The van der Waals surface area contributed by atoms with E-state index in [-0.39, 0.29) is 5.75 Å². The number of ether oxygens (including phenoxy) is 1. The first kappa shape index (κ1) is 8.59. The summed E-state index contributed by atoms with van der Waals surface area (Å²) in [6.07, 6.45) is 0. The molecule has 0 unspecified atom stereocenters. The van der Waals surface area contributed by atoms with Crippen LogP contribution in [0.5, 0.6) is 5.75 Å². The Labute approximate surface area is 71.3 Å². The van der Waals surface area contributed by atoms with E-state index in [4.69, 9.17) is 9.84 Å². The van der Waals surface area contributed by atoms with Crippen molar-refractivity contribution < 1.29 is 9.84 Å². The van der Waals surface area contributed by atoms with Crippen LogP contribution in [0.2, 0.25) is 0 Å². The molecule has 0 radical (unpaired) electrons. The monoisotopic (exact) mass is 165 g/mol. The van der Waals surface area contributed by atoms with E-state index in [0.717, 1.165) is 0 Å². The number of nitrogens with zero attached hydrogens (tertiary/aromatic N) is 1. The lowest BCUT2D eigenvalue weighted by molar-refractivity contribution is 0.369. The Morgan fingerprint density at radius 1 is 1.58 bits per heavy atom. The summed E-state index contributed by atoms with van der Waals surface area (Å²) in [5.74, 6) is 0.681. The van der Waals surface area contributed by atoms with Gasteiger partial charge in [0.25, 0.3) is 0 Å². The van der Waals surface area contributed by atoms with Gasteiger partial charge in [-0.3, -0.25) is 0 Å². The van der Waals surface area contributed by atoms with E-state index in [2.05, 4.69) is 11.6 Å². The fourth-order valence-electron chi connectivity index (χ4n) is 0.814. The molecule has 0 bridgehead atoms. The van der Waals surface area contributed by atoms with E-state index < -0.39 is 0 Å². The first-order valence-electron chi connectivity index (χ1n) is 3.55. The Morgan fingerprint density at radius 3 is 2.75 bits per heavy atom. The molecule has 0 aromatic carbocycles. The standard InChI is InChI=1S/C9H11NO2/c1-6-9(11)5-4-8(10-6)7(2)12-3/h4-5,11H,2H2,1,3H3. The van der Waals surface area contributed by atoms with Crippen LogP contribution in [0.1, 0.15) is 11.4 Å². The second kappa shape index (κ2) is 3.26. The zero-order chi connectivity index (χ0) is 9.14. The van der Waals surface area contributed by atoms with Gasteiger partial charge in [-0.2, -0.15) is 0 Å². The molecule has 0 fully saturated rings. The van der Waals surface area contributed by atoms with Crippen LogP contribution in [0, 0.1) is 6.92 Å². The van der Waals surface area contributed by atoms with Crippen molar-refractivity contribution in [3.8, 4) is 5.75 Å². The topological polar surface area (TPSA) is 42.4 Å². The Bertz CT molecular complexity index is 307. The second-order valence-electron chi connectivity index (χ2n) is 2.43. The second-order valence-corrected chi connectivity index (χ2v) is 2.43. The van der Waals surface area contributed by atoms with Crippen molar-refractivity contribution >= 4 is 5.76 Å². The summed E-state index contributed by atoms with van der Waals surface area (Å²) >= 11 is 0. The smallest absolute Gasteiger partial charge is 0.137 e. The molecule has 0 saturated carbocycles. The molecule has 3 heteroatoms. The number of rotatable bonds is 2. The number of aryl methyl sites for hydroxylation is 1. The van der Waals surface area contributed by atoms with Crippen LogP contribution >= 0.6 is 0 Å². The minimum atomic E-state index is 0.183. The van der Waals surface area contributed by atoms with Gasteiger partial charge in [0.15, 0.2) is 0 Å². The predicted octanol–water partition coefficient (Wildman–Crippen LogP) is 1.71. The molecule has 3 nitrogen and oxygen atoms in total. The SMILES string of the molecule is C=C(OC)c1ccc(O)c(C)n1. The molecular formula is C9H11NO2. The van der Waals surface area contributed by atoms with Gasteiger partial charge in [-0.15, -0.1) is 0 Å². The van der Waals surface area contributed by atoms with E-state index in [1.807, 2.05) is 0 Å². The summed E-state index contributed by atoms with van der Waals surface area (Å²) in [5, 5.41) is 9.17. The number of aromatic hydroxyl groups is 1. The van der Waals surface area contributed by atoms with Crippen molar-refractivity contribution in [3.05, 3.63) is 30.1 Å². The number of aromatic nitrogens is 1. The Balaban J connectivity index is 3.05. The van der Waals surface area contributed by atoms with Gasteiger partial charge in [0, 0.05) is 0 Å². The van der Waals surface area contributed by atoms with Gasteiger partial charge in [0.05, 0.1) is 12.8 Å². The molecule has 0 aliphatic heterocycles. The van der Waals surface area contributed by atoms with Gasteiger partial charge < -0.3 is 9.84 Å². The highest BCUT2D eigenvalue weighted by Crippen LogP contribution is 2.17. The lowest BCUT2D eigenvalue weighted by Gasteiger charge is -2.04. The molecule has 1 rings (SSSR count). The van der Waals surface area contributed by atoms with Crippen molar-refractivity contribution in [2.75, 3.05) is 7.11 Å². The Morgan fingerprint density at radius 2 is 2.25 bits per heavy atom. The van der Waals surface area contributed by atoms with E-state index in [1.165, 1.54) is 7.11 Å². The third kappa shape index (κ3) is 1.56. The number of pyridine rings is 1. The molecule has 0 amide bonds. The van der Waals surface area contributed by atoms with Crippen LogP contribution in [-0.4, -0.2) is 17.2 Å². The molecule has 0 spiro atoms. The van der Waals surface area contributed by atoms with E-state index >= 15 is 0 Å². The molecule has 1 aromatic rings. The van der Waals surface area contributed by atoms with Crippen molar-refractivity contribution in [2.45, 2.75) is 6.92 Å². The molecule has 0 aliphatic rings. The van der Waals surface area contributed by atoms with Crippen LogP contribution in [0.15, 0.2) is 18.7 Å². The molecular weight excluding hydrogens is 154 g/mol. The summed E-state index contributed by atoms with van der Waals surface area (Å²) in [7, 11) is 1.53. The van der Waals surface area contributed by atoms with Gasteiger partial charge in [-0.25, -0.2) is 4.98 Å². The van der Waals surface area contributed by atoms with Crippen molar-refractivity contribution in [2.24, 2.45) is 0 Å². The van der Waals surface area contributed by atoms with Crippen molar-refractivity contribution in [3.63, 3.8) is 0 Å². The summed E-state index contributed by atoms with van der Waals surface area (Å²) < 4.78 is 4.89. The van der Waals surface area contributed by atoms with Crippen LogP contribution < -0.4 is 0 Å². The largest absolute Gasteiger partial charge is 0.506 e. The van der Waals surface area contributed by atoms with E-state index in [0.29, 0.717) is 17.1 Å². The maximum Gasteiger partial charge on any atom is 0.137 e. The predicted molar refractivity (Wildman–Crippen MR) is 46.7 cm³/mol. The lowest BCUT2D eigenvalue weighted by Crippen LogP contribution is -1.92. The normalized spacial score (nSPS) is 9.50. The highest BCUT2D eigenvalue weighted by Gasteiger charge is 2.02. The number of methoxy groups -OCH3 is 1. The average Bonchev–Trinajstić information content (AvgIpc) is 2.08. The molecule has 64 valence electrons.